The second kappa shape index (κ2) is 5.30. The van der Waals surface area contributed by atoms with E-state index in [0.29, 0.717) is 11.8 Å². The quantitative estimate of drug-likeness (QED) is 0.757. The van der Waals surface area contributed by atoms with Gasteiger partial charge in [0.25, 0.3) is 0 Å². The van der Waals surface area contributed by atoms with E-state index in [1.54, 1.807) is 0 Å². The molecule has 4 bridgehead atoms. The van der Waals surface area contributed by atoms with Crippen LogP contribution in [0.5, 0.6) is 0 Å². The van der Waals surface area contributed by atoms with E-state index in [9.17, 15) is 0 Å². The predicted octanol–water partition coefficient (Wildman–Crippen LogP) is 4.90. The molecule has 0 aliphatic heterocycles. The maximum atomic E-state index is 7.07. The molecule has 4 aliphatic rings. The maximum Gasteiger partial charge on any atom is 0.0515 e. The van der Waals surface area contributed by atoms with Crippen LogP contribution in [0.2, 0.25) is 0 Å². The summed E-state index contributed by atoms with van der Waals surface area (Å²) in [6.07, 6.45) is 5.57. The molecule has 0 spiro atoms. The fourth-order valence-corrected chi connectivity index (χ4v) is 7.00. The minimum Gasteiger partial charge on any atom is -0.324 e. The Labute approximate surface area is 143 Å². The summed E-state index contributed by atoms with van der Waals surface area (Å²) in [5.74, 6) is 1.69. The number of nitrogens with two attached hydrogens (primary N) is 1. The Kier molecular flexibility index (Phi) is 4.02. The maximum absolute atomic E-state index is 7.07. The van der Waals surface area contributed by atoms with Crippen molar-refractivity contribution in [3.8, 4) is 0 Å². The van der Waals surface area contributed by atoms with Crippen LogP contribution < -0.4 is 5.73 Å². The molecule has 1 nitrogen and oxygen atoms in total. The molecule has 5 rings (SSSR count). The molecule has 116 valence electrons. The molecule has 0 aromatic heterocycles. The average Bonchev–Trinajstić information content (AvgIpc) is 2.36. The van der Waals surface area contributed by atoms with Gasteiger partial charge >= 0.3 is 0 Å². The predicted molar refractivity (Wildman–Crippen MR) is 91.3 cm³/mol. The molecule has 6 atom stereocenters. The SMILES string of the molecule is Cl.NC(c1ccccc1)[C@H]1[C@H]2C[C@@H]3C[C@](Cl)(C2)C[C@@]1(Cl)C3. The van der Waals surface area contributed by atoms with Crippen LogP contribution >= 0.6 is 35.6 Å². The standard InChI is InChI=1S/C17H21Cl2N.ClH/c18-16-7-11-6-13(9-16)14(17(19,8-11)10-16)15(20)12-4-2-1-3-5-12;/h1-5,11,13-15H,6-10,20H2;1H/t11-,13+,14-,15?,16+,17+;/m1./s1. The van der Waals surface area contributed by atoms with E-state index >= 15 is 0 Å². The summed E-state index contributed by atoms with van der Waals surface area (Å²) < 4.78 is 0. The average molecular weight is 347 g/mol. The van der Waals surface area contributed by atoms with E-state index < -0.39 is 0 Å². The molecule has 0 heterocycles. The van der Waals surface area contributed by atoms with Gasteiger partial charge in [-0.25, -0.2) is 0 Å². The molecule has 4 heteroatoms. The van der Waals surface area contributed by atoms with Crippen molar-refractivity contribution in [3.05, 3.63) is 35.9 Å². The van der Waals surface area contributed by atoms with Crippen LogP contribution in [0, 0.1) is 17.8 Å². The molecular formula is C17H22Cl3N. The van der Waals surface area contributed by atoms with Crippen LogP contribution in [-0.2, 0) is 0 Å². The molecule has 4 aliphatic carbocycles. The first-order valence-electron chi connectivity index (χ1n) is 7.68. The minimum absolute atomic E-state index is 0. The van der Waals surface area contributed by atoms with Gasteiger partial charge in [-0.3, -0.25) is 0 Å². The van der Waals surface area contributed by atoms with E-state index in [2.05, 4.69) is 24.3 Å². The lowest BCUT2D eigenvalue weighted by atomic mass is 9.49. The molecule has 1 aromatic carbocycles. The molecule has 21 heavy (non-hydrogen) atoms. The van der Waals surface area contributed by atoms with Gasteiger partial charge in [0, 0.05) is 16.8 Å². The van der Waals surface area contributed by atoms with Crippen LogP contribution in [0.1, 0.15) is 43.7 Å². The Morgan fingerprint density at radius 2 is 1.81 bits per heavy atom. The van der Waals surface area contributed by atoms with Crippen molar-refractivity contribution in [2.75, 3.05) is 0 Å². The highest BCUT2D eigenvalue weighted by atomic mass is 35.5. The molecule has 2 N–H and O–H groups in total. The lowest BCUT2D eigenvalue weighted by Gasteiger charge is -2.63. The van der Waals surface area contributed by atoms with Gasteiger partial charge in [-0.05, 0) is 49.5 Å². The minimum atomic E-state index is -0.179. The van der Waals surface area contributed by atoms with Crippen molar-refractivity contribution in [1.82, 2.24) is 0 Å². The summed E-state index contributed by atoms with van der Waals surface area (Å²) in [6, 6.07) is 10.5. The smallest absolute Gasteiger partial charge is 0.0515 e. The molecular weight excluding hydrogens is 325 g/mol. The van der Waals surface area contributed by atoms with E-state index in [-0.39, 0.29) is 28.2 Å². The van der Waals surface area contributed by atoms with Crippen molar-refractivity contribution in [3.63, 3.8) is 0 Å². The van der Waals surface area contributed by atoms with Gasteiger partial charge in [0.05, 0.1) is 4.87 Å². The number of alkyl halides is 2. The summed E-state index contributed by atoms with van der Waals surface area (Å²) in [6.45, 7) is 0. The Morgan fingerprint density at radius 1 is 1.10 bits per heavy atom. The highest BCUT2D eigenvalue weighted by Crippen LogP contribution is 2.66. The van der Waals surface area contributed by atoms with Crippen LogP contribution in [0.3, 0.4) is 0 Å². The summed E-state index contributed by atoms with van der Waals surface area (Å²) in [5.41, 5.74) is 7.84. The third-order valence-corrected chi connectivity index (χ3v) is 6.82. The number of hydrogen-bond acceptors (Lipinski definition) is 1. The first kappa shape index (κ1) is 15.9. The van der Waals surface area contributed by atoms with Gasteiger partial charge in [-0.2, -0.15) is 0 Å². The van der Waals surface area contributed by atoms with Crippen molar-refractivity contribution >= 4 is 35.6 Å². The van der Waals surface area contributed by atoms with Crippen LogP contribution in [0.15, 0.2) is 30.3 Å². The van der Waals surface area contributed by atoms with Gasteiger partial charge < -0.3 is 5.73 Å². The summed E-state index contributed by atoms with van der Waals surface area (Å²) >= 11 is 13.9. The zero-order valence-corrected chi connectivity index (χ0v) is 14.3. The van der Waals surface area contributed by atoms with E-state index in [4.69, 9.17) is 28.9 Å². The second-order valence-electron chi connectivity index (χ2n) is 7.30. The van der Waals surface area contributed by atoms with Gasteiger partial charge in [0.15, 0.2) is 0 Å². The molecule has 0 saturated heterocycles. The van der Waals surface area contributed by atoms with Crippen molar-refractivity contribution in [2.24, 2.45) is 23.5 Å². The fraction of sp³-hybridized carbons (Fsp3) is 0.647. The van der Waals surface area contributed by atoms with Crippen molar-refractivity contribution in [1.29, 1.82) is 0 Å². The summed E-state index contributed by atoms with van der Waals surface area (Å²) in [7, 11) is 0. The monoisotopic (exact) mass is 345 g/mol. The molecule has 0 radical (unpaired) electrons. The topological polar surface area (TPSA) is 26.0 Å². The van der Waals surface area contributed by atoms with E-state index in [0.717, 1.165) is 31.6 Å². The second-order valence-corrected chi connectivity index (χ2v) is 8.85. The molecule has 4 fully saturated rings. The van der Waals surface area contributed by atoms with Gasteiger partial charge in [0.2, 0.25) is 0 Å². The number of rotatable bonds is 2. The van der Waals surface area contributed by atoms with Gasteiger partial charge in [-0.1, -0.05) is 30.3 Å². The van der Waals surface area contributed by atoms with Gasteiger partial charge in [-0.15, -0.1) is 35.6 Å². The lowest BCUT2D eigenvalue weighted by molar-refractivity contribution is -0.0187. The first-order chi connectivity index (χ1) is 9.49. The first-order valence-corrected chi connectivity index (χ1v) is 8.43. The molecule has 4 saturated carbocycles. The molecule has 1 unspecified atom stereocenters. The third kappa shape index (κ3) is 2.51. The number of halogens is 3. The number of hydrogen-bond donors (Lipinski definition) is 1. The zero-order valence-electron chi connectivity index (χ0n) is 12.0. The Balaban J connectivity index is 0.00000132. The molecule has 1 aromatic rings. The Bertz CT molecular complexity index is 522. The van der Waals surface area contributed by atoms with Crippen LogP contribution in [0.25, 0.3) is 0 Å². The summed E-state index contributed by atoms with van der Waals surface area (Å²) in [5, 5.41) is 0. The molecule has 0 amide bonds. The van der Waals surface area contributed by atoms with Crippen LogP contribution in [0.4, 0.5) is 0 Å². The third-order valence-electron chi connectivity index (χ3n) is 5.83. The zero-order chi connectivity index (χ0) is 14.0. The Morgan fingerprint density at radius 3 is 2.43 bits per heavy atom. The Hall–Kier alpha value is 0.0500. The van der Waals surface area contributed by atoms with Crippen molar-refractivity contribution in [2.45, 2.75) is 47.9 Å². The van der Waals surface area contributed by atoms with E-state index in [1.807, 2.05) is 6.07 Å². The van der Waals surface area contributed by atoms with E-state index in [1.165, 1.54) is 12.0 Å². The van der Waals surface area contributed by atoms with Gasteiger partial charge in [0.1, 0.15) is 0 Å². The van der Waals surface area contributed by atoms with Crippen LogP contribution in [-0.4, -0.2) is 9.75 Å². The fourth-order valence-electron chi connectivity index (χ4n) is 5.49. The normalized spacial score (nSPS) is 45.2. The summed E-state index contributed by atoms with van der Waals surface area (Å²) in [4.78, 5) is -0.221. The highest BCUT2D eigenvalue weighted by Gasteiger charge is 2.62. The number of benzene rings is 1. The lowest BCUT2D eigenvalue weighted by Crippen LogP contribution is -2.61. The highest BCUT2D eigenvalue weighted by molar-refractivity contribution is 6.28. The van der Waals surface area contributed by atoms with Crippen molar-refractivity contribution < 1.29 is 0 Å². The largest absolute Gasteiger partial charge is 0.324 e.